The number of benzene rings is 1. The molecule has 1 heterocycles. The number of carboxylic acid groups (broad SMARTS) is 1. The molecule has 0 aliphatic carbocycles. The summed E-state index contributed by atoms with van der Waals surface area (Å²) in [6, 6.07) is 8.52. The van der Waals surface area contributed by atoms with Gasteiger partial charge in [0.05, 0.1) is 15.6 Å². The number of rotatable bonds is 6. The van der Waals surface area contributed by atoms with Crippen LogP contribution in [0.15, 0.2) is 45.3 Å². The Morgan fingerprint density at radius 3 is 2.86 bits per heavy atom. The molecule has 1 aromatic carbocycles. The number of carbonyl (C=O) groups is 2. The molecule has 0 fully saturated rings. The second kappa shape index (κ2) is 7.71. The molecule has 1 aromatic heterocycles. The maximum absolute atomic E-state index is 11.7. The first-order valence-corrected chi connectivity index (χ1v) is 7.74. The normalized spacial score (nSPS) is 10.6. The Morgan fingerprint density at radius 1 is 1.41 bits per heavy atom. The Morgan fingerprint density at radius 2 is 2.23 bits per heavy atom. The van der Waals surface area contributed by atoms with Crippen molar-refractivity contribution in [3.63, 3.8) is 0 Å². The van der Waals surface area contributed by atoms with E-state index in [1.54, 1.807) is 30.3 Å². The van der Waals surface area contributed by atoms with Gasteiger partial charge in [0.2, 0.25) is 0 Å². The summed E-state index contributed by atoms with van der Waals surface area (Å²) in [5, 5.41) is 14.2. The van der Waals surface area contributed by atoms with Gasteiger partial charge < -0.3 is 9.84 Å². The average Bonchev–Trinajstić information content (AvgIpc) is 3.00. The van der Waals surface area contributed by atoms with Crippen LogP contribution in [0, 0.1) is 0 Å². The molecule has 6 nitrogen and oxygen atoms in total. The summed E-state index contributed by atoms with van der Waals surface area (Å²) in [7, 11) is 0. The minimum atomic E-state index is -1.05. The van der Waals surface area contributed by atoms with Gasteiger partial charge in [0.25, 0.3) is 5.91 Å². The first-order valence-electron chi connectivity index (χ1n) is 6.07. The van der Waals surface area contributed by atoms with Crippen LogP contribution in [0.3, 0.4) is 0 Å². The van der Waals surface area contributed by atoms with Crippen LogP contribution in [0.2, 0.25) is 0 Å². The molecule has 0 saturated carbocycles. The Bertz CT molecular complexity index is 701. The number of thiophene rings is 1. The third kappa shape index (κ3) is 4.68. The molecule has 2 aromatic rings. The van der Waals surface area contributed by atoms with E-state index in [0.717, 1.165) is 5.56 Å². The monoisotopic (exact) mass is 382 g/mol. The molecular formula is C14H11BrN2O4S. The van der Waals surface area contributed by atoms with Crippen LogP contribution in [-0.4, -0.2) is 29.8 Å². The first kappa shape index (κ1) is 16.2. The van der Waals surface area contributed by atoms with Crippen LogP contribution in [0.25, 0.3) is 0 Å². The highest BCUT2D eigenvalue weighted by Crippen LogP contribution is 2.25. The maximum Gasteiger partial charge on any atom is 0.341 e. The number of hydrazone groups is 1. The molecule has 0 radical (unpaired) electrons. The Labute approximate surface area is 138 Å². The zero-order valence-electron chi connectivity index (χ0n) is 11.2. The quantitative estimate of drug-likeness (QED) is 0.593. The summed E-state index contributed by atoms with van der Waals surface area (Å²) >= 11 is 4.62. The van der Waals surface area contributed by atoms with Gasteiger partial charge in [-0.2, -0.15) is 5.10 Å². The summed E-state index contributed by atoms with van der Waals surface area (Å²) in [5.74, 6) is -0.900. The van der Waals surface area contributed by atoms with Gasteiger partial charge in [0.1, 0.15) is 5.75 Å². The lowest BCUT2D eigenvalue weighted by Gasteiger charge is -2.06. The van der Waals surface area contributed by atoms with E-state index in [1.165, 1.54) is 17.6 Å². The van der Waals surface area contributed by atoms with Crippen molar-refractivity contribution < 1.29 is 19.4 Å². The second-order valence-corrected chi connectivity index (χ2v) is 5.85. The second-order valence-electron chi connectivity index (χ2n) is 4.05. The third-order valence-electron chi connectivity index (χ3n) is 2.43. The molecule has 1 amide bonds. The van der Waals surface area contributed by atoms with E-state index < -0.39 is 12.6 Å². The molecule has 0 saturated heterocycles. The molecule has 0 bridgehead atoms. The van der Waals surface area contributed by atoms with Gasteiger partial charge in [-0.1, -0.05) is 6.07 Å². The minimum Gasteiger partial charge on any atom is -0.481 e. The van der Waals surface area contributed by atoms with Crippen molar-refractivity contribution in [3.05, 3.63) is 50.6 Å². The van der Waals surface area contributed by atoms with E-state index >= 15 is 0 Å². The van der Waals surface area contributed by atoms with Crippen molar-refractivity contribution >= 4 is 45.4 Å². The highest BCUT2D eigenvalue weighted by Gasteiger charge is 2.05. The number of aliphatic carboxylic acids is 1. The molecule has 2 rings (SSSR count). The lowest BCUT2D eigenvalue weighted by atomic mass is 10.2. The van der Waals surface area contributed by atoms with Gasteiger partial charge in [-0.05, 0) is 51.1 Å². The predicted molar refractivity (Wildman–Crippen MR) is 86.7 cm³/mol. The van der Waals surface area contributed by atoms with Crippen LogP contribution >= 0.6 is 27.3 Å². The van der Waals surface area contributed by atoms with Crippen LogP contribution in [-0.2, 0) is 4.79 Å². The molecule has 114 valence electrons. The molecule has 22 heavy (non-hydrogen) atoms. The number of ether oxygens (including phenoxy) is 1. The summed E-state index contributed by atoms with van der Waals surface area (Å²) in [6.45, 7) is -0.414. The standard InChI is InChI=1S/C14H11BrN2O4S/c15-10-6-9(3-4-11(10)21-8-13(18)19)7-16-17-14(20)12-2-1-5-22-12/h1-7H,8H2,(H,17,20)(H,18,19)/b16-7+. The minimum absolute atomic E-state index is 0.272. The Balaban J connectivity index is 1.95. The van der Waals surface area contributed by atoms with Crippen LogP contribution in [0.5, 0.6) is 5.75 Å². The number of hydrogen-bond acceptors (Lipinski definition) is 5. The lowest BCUT2D eigenvalue weighted by molar-refractivity contribution is -0.139. The van der Waals surface area contributed by atoms with Crippen molar-refractivity contribution in [3.8, 4) is 5.75 Å². The van der Waals surface area contributed by atoms with Crippen LogP contribution < -0.4 is 10.2 Å². The van der Waals surface area contributed by atoms with Gasteiger partial charge in [-0.25, -0.2) is 10.2 Å². The van der Waals surface area contributed by atoms with Crippen molar-refractivity contribution in [2.24, 2.45) is 5.10 Å². The van der Waals surface area contributed by atoms with Crippen LogP contribution in [0.4, 0.5) is 0 Å². The molecule has 0 aliphatic rings. The molecule has 0 aliphatic heterocycles. The fourth-order valence-corrected chi connectivity index (χ4v) is 2.61. The predicted octanol–water partition coefficient (Wildman–Crippen LogP) is 2.74. The summed E-state index contributed by atoms with van der Waals surface area (Å²) < 4.78 is 5.68. The molecule has 8 heteroatoms. The fourth-order valence-electron chi connectivity index (χ4n) is 1.48. The van der Waals surface area contributed by atoms with Crippen LogP contribution in [0.1, 0.15) is 15.2 Å². The first-order chi connectivity index (χ1) is 10.6. The smallest absolute Gasteiger partial charge is 0.341 e. The summed E-state index contributed by atoms with van der Waals surface area (Å²) in [6.07, 6.45) is 1.48. The van der Waals surface area contributed by atoms with E-state index in [4.69, 9.17) is 9.84 Å². The topological polar surface area (TPSA) is 88.0 Å². The van der Waals surface area contributed by atoms with Crippen molar-refractivity contribution in [2.75, 3.05) is 6.61 Å². The van der Waals surface area contributed by atoms with E-state index in [2.05, 4.69) is 26.5 Å². The van der Waals surface area contributed by atoms with Crippen molar-refractivity contribution in [2.45, 2.75) is 0 Å². The lowest BCUT2D eigenvalue weighted by Crippen LogP contribution is -2.16. The Hall–Kier alpha value is -2.19. The van der Waals surface area contributed by atoms with Gasteiger partial charge in [-0.15, -0.1) is 11.3 Å². The number of hydrogen-bond donors (Lipinski definition) is 2. The van der Waals surface area contributed by atoms with E-state index in [1.807, 2.05) is 5.38 Å². The highest BCUT2D eigenvalue weighted by atomic mass is 79.9. The van der Waals surface area contributed by atoms with E-state index in [-0.39, 0.29) is 5.91 Å². The molecule has 0 atom stereocenters. The number of carbonyl (C=O) groups excluding carboxylic acids is 1. The number of halogens is 1. The number of carboxylic acids is 1. The summed E-state index contributed by atoms with van der Waals surface area (Å²) in [5.41, 5.74) is 3.15. The van der Waals surface area contributed by atoms with Crippen molar-refractivity contribution in [1.29, 1.82) is 0 Å². The number of nitrogens with one attached hydrogen (secondary N) is 1. The Kier molecular flexibility index (Phi) is 5.68. The summed E-state index contributed by atoms with van der Waals surface area (Å²) in [4.78, 5) is 22.7. The molecule has 0 unspecified atom stereocenters. The molecule has 2 N–H and O–H groups in total. The average molecular weight is 383 g/mol. The van der Waals surface area contributed by atoms with Gasteiger partial charge in [-0.3, -0.25) is 4.79 Å². The largest absolute Gasteiger partial charge is 0.481 e. The maximum atomic E-state index is 11.7. The SMILES string of the molecule is O=C(O)COc1ccc(/C=N/NC(=O)c2cccs2)cc1Br. The van der Waals surface area contributed by atoms with E-state index in [9.17, 15) is 9.59 Å². The molecule has 0 spiro atoms. The highest BCUT2D eigenvalue weighted by molar-refractivity contribution is 9.10. The zero-order valence-corrected chi connectivity index (χ0v) is 13.6. The van der Waals surface area contributed by atoms with Crippen molar-refractivity contribution in [1.82, 2.24) is 5.43 Å². The molecular weight excluding hydrogens is 372 g/mol. The van der Waals surface area contributed by atoms with Gasteiger partial charge >= 0.3 is 5.97 Å². The third-order valence-corrected chi connectivity index (χ3v) is 3.92. The zero-order chi connectivity index (χ0) is 15.9. The number of nitrogens with zero attached hydrogens (tertiary/aromatic N) is 1. The van der Waals surface area contributed by atoms with E-state index in [0.29, 0.717) is 15.1 Å². The van der Waals surface area contributed by atoms with Gasteiger partial charge in [0.15, 0.2) is 6.61 Å². The fraction of sp³-hybridized carbons (Fsp3) is 0.0714. The van der Waals surface area contributed by atoms with Gasteiger partial charge in [0, 0.05) is 0 Å². The number of amides is 1.